The third kappa shape index (κ3) is 3.46. The van der Waals surface area contributed by atoms with E-state index in [0.29, 0.717) is 16.5 Å². The van der Waals surface area contributed by atoms with Crippen LogP contribution in [-0.4, -0.2) is 34.7 Å². The van der Waals surface area contributed by atoms with Gasteiger partial charge in [0, 0.05) is 11.9 Å². The fraction of sp³-hybridized carbons (Fsp3) is 0.467. The molecule has 0 fully saturated rings. The Morgan fingerprint density at radius 1 is 1.46 bits per heavy atom. The smallest absolute Gasteiger partial charge is 0.321 e. The van der Waals surface area contributed by atoms with Crippen LogP contribution in [-0.2, 0) is 17.6 Å². The van der Waals surface area contributed by atoms with E-state index in [-0.39, 0.29) is 11.3 Å². The van der Waals surface area contributed by atoms with Crippen molar-refractivity contribution in [2.75, 3.05) is 12.8 Å². The number of urea groups is 1. The van der Waals surface area contributed by atoms with Gasteiger partial charge in [-0.15, -0.1) is 11.3 Å². The minimum absolute atomic E-state index is 0.00396. The summed E-state index contributed by atoms with van der Waals surface area (Å²) in [4.78, 5) is 44.3. The van der Waals surface area contributed by atoms with Crippen LogP contribution >= 0.6 is 23.1 Å². The number of amides is 3. The molecule has 3 N–H and O–H groups in total. The number of rotatable bonds is 3. The lowest BCUT2D eigenvalue weighted by Gasteiger charge is -2.17. The van der Waals surface area contributed by atoms with Gasteiger partial charge in [0.05, 0.1) is 11.1 Å². The Kier molecular flexibility index (Phi) is 4.91. The number of aromatic amines is 1. The molecule has 24 heavy (non-hydrogen) atoms. The van der Waals surface area contributed by atoms with Gasteiger partial charge in [0.15, 0.2) is 5.16 Å². The van der Waals surface area contributed by atoms with Crippen molar-refractivity contribution in [3.05, 3.63) is 20.8 Å². The third-order valence-electron chi connectivity index (χ3n) is 3.96. The highest BCUT2D eigenvalue weighted by atomic mass is 32.2. The topological polar surface area (TPSA) is 104 Å². The number of carbonyl (C=O) groups is 2. The van der Waals surface area contributed by atoms with E-state index >= 15 is 0 Å². The Labute approximate surface area is 146 Å². The second-order valence-electron chi connectivity index (χ2n) is 5.82. The molecule has 0 saturated heterocycles. The average Bonchev–Trinajstić information content (AvgIpc) is 2.90. The maximum Gasteiger partial charge on any atom is 0.321 e. The second-order valence-corrected chi connectivity index (χ2v) is 7.87. The molecule has 2 aromatic rings. The van der Waals surface area contributed by atoms with Crippen molar-refractivity contribution >= 4 is 45.3 Å². The highest BCUT2D eigenvalue weighted by Gasteiger charge is 2.23. The molecule has 1 aliphatic rings. The van der Waals surface area contributed by atoms with E-state index < -0.39 is 11.9 Å². The molecule has 3 rings (SSSR count). The zero-order valence-electron chi connectivity index (χ0n) is 13.4. The van der Waals surface area contributed by atoms with Gasteiger partial charge in [-0.3, -0.25) is 14.9 Å². The minimum atomic E-state index is -0.558. The number of hydrogen-bond acceptors (Lipinski definition) is 6. The van der Waals surface area contributed by atoms with Crippen LogP contribution in [0.2, 0.25) is 0 Å². The summed E-state index contributed by atoms with van der Waals surface area (Å²) < 4.78 is 0. The summed E-state index contributed by atoms with van der Waals surface area (Å²) in [6, 6.07) is -0.558. The van der Waals surface area contributed by atoms with Gasteiger partial charge < -0.3 is 10.3 Å². The second kappa shape index (κ2) is 6.94. The van der Waals surface area contributed by atoms with E-state index in [9.17, 15) is 14.4 Å². The van der Waals surface area contributed by atoms with E-state index in [0.717, 1.165) is 41.4 Å². The summed E-state index contributed by atoms with van der Waals surface area (Å²) in [5.41, 5.74) is 0.983. The molecule has 9 heteroatoms. The quantitative estimate of drug-likeness (QED) is 0.566. The maximum atomic E-state index is 12.4. The van der Waals surface area contributed by atoms with E-state index in [1.807, 2.05) is 0 Å². The molecule has 2 heterocycles. The molecule has 7 nitrogen and oxygen atoms in total. The van der Waals surface area contributed by atoms with Crippen molar-refractivity contribution in [2.45, 2.75) is 31.3 Å². The number of nitrogens with one attached hydrogen (secondary N) is 3. The largest absolute Gasteiger partial charge is 0.341 e. The van der Waals surface area contributed by atoms with Crippen molar-refractivity contribution in [1.82, 2.24) is 20.6 Å². The lowest BCUT2D eigenvalue weighted by Crippen LogP contribution is -2.38. The van der Waals surface area contributed by atoms with Crippen molar-refractivity contribution in [3.63, 3.8) is 0 Å². The van der Waals surface area contributed by atoms with Crippen LogP contribution in [0.1, 0.15) is 23.8 Å². The van der Waals surface area contributed by atoms with Crippen molar-refractivity contribution in [1.29, 1.82) is 0 Å². The zero-order chi connectivity index (χ0) is 17.3. The number of thiophene rings is 1. The van der Waals surface area contributed by atoms with Gasteiger partial charge in [-0.05, 0) is 30.7 Å². The van der Waals surface area contributed by atoms with Gasteiger partial charge >= 0.3 is 6.03 Å². The van der Waals surface area contributed by atoms with Crippen molar-refractivity contribution < 1.29 is 9.59 Å². The van der Waals surface area contributed by atoms with Crippen LogP contribution in [0.4, 0.5) is 4.79 Å². The SMILES string of the molecule is CNC(=O)NC(=O)CSc1nc2sc3c(c2c(=O)[nH]1)CC[C@@H](C)C3. The number of H-pyrrole nitrogens is 1. The first-order valence-electron chi connectivity index (χ1n) is 7.67. The standard InChI is InChI=1S/C15H18N4O3S2/c1-7-3-4-8-9(5-7)24-13-11(8)12(21)18-15(19-13)23-6-10(20)17-14(22)16-2/h7H,3-6H2,1-2H3,(H,18,19,21)(H2,16,17,20,22)/t7-/m1/s1. The lowest BCUT2D eigenvalue weighted by atomic mass is 9.89. The molecule has 0 radical (unpaired) electrons. The summed E-state index contributed by atoms with van der Waals surface area (Å²) in [6.07, 6.45) is 3.00. The number of imide groups is 1. The van der Waals surface area contributed by atoms with Crippen LogP contribution in [0.3, 0.4) is 0 Å². The van der Waals surface area contributed by atoms with Crippen LogP contribution in [0.5, 0.6) is 0 Å². The molecule has 0 unspecified atom stereocenters. The van der Waals surface area contributed by atoms with Gasteiger partial charge in [0.1, 0.15) is 4.83 Å². The van der Waals surface area contributed by atoms with Crippen LogP contribution < -0.4 is 16.2 Å². The molecule has 128 valence electrons. The van der Waals surface area contributed by atoms with Crippen molar-refractivity contribution in [2.24, 2.45) is 5.92 Å². The third-order valence-corrected chi connectivity index (χ3v) is 5.99. The summed E-state index contributed by atoms with van der Waals surface area (Å²) in [5.74, 6) is 0.192. The number of fused-ring (bicyclic) bond motifs is 3. The van der Waals surface area contributed by atoms with Gasteiger partial charge in [-0.25, -0.2) is 9.78 Å². The van der Waals surface area contributed by atoms with Gasteiger partial charge in [0.25, 0.3) is 5.56 Å². The van der Waals surface area contributed by atoms with Crippen LogP contribution in [0.15, 0.2) is 9.95 Å². The number of aromatic nitrogens is 2. The number of nitrogens with zero attached hydrogens (tertiary/aromatic N) is 1. The summed E-state index contributed by atoms with van der Waals surface area (Å²) in [6.45, 7) is 2.22. The predicted molar refractivity (Wildman–Crippen MR) is 94.8 cm³/mol. The Balaban J connectivity index is 1.80. The minimum Gasteiger partial charge on any atom is -0.341 e. The van der Waals surface area contributed by atoms with Crippen LogP contribution in [0.25, 0.3) is 10.2 Å². The van der Waals surface area contributed by atoms with E-state index in [2.05, 4.69) is 27.5 Å². The Morgan fingerprint density at radius 3 is 3.00 bits per heavy atom. The first kappa shape index (κ1) is 17.0. The highest BCUT2D eigenvalue weighted by molar-refractivity contribution is 7.99. The Hall–Kier alpha value is -1.87. The Morgan fingerprint density at radius 2 is 2.25 bits per heavy atom. The fourth-order valence-electron chi connectivity index (χ4n) is 2.76. The molecule has 0 aliphatic heterocycles. The Bertz CT molecular complexity index is 858. The number of aryl methyl sites for hydroxylation is 1. The predicted octanol–water partition coefficient (Wildman–Crippen LogP) is 1.66. The summed E-state index contributed by atoms with van der Waals surface area (Å²) in [5, 5.41) is 5.57. The molecular weight excluding hydrogens is 348 g/mol. The molecular formula is C15H18N4O3S2. The van der Waals surface area contributed by atoms with Crippen molar-refractivity contribution in [3.8, 4) is 0 Å². The average molecular weight is 366 g/mol. The van der Waals surface area contributed by atoms with Crippen LogP contribution in [0, 0.1) is 5.92 Å². The summed E-state index contributed by atoms with van der Waals surface area (Å²) >= 11 is 2.68. The molecule has 0 spiro atoms. The zero-order valence-corrected chi connectivity index (χ0v) is 15.0. The highest BCUT2D eigenvalue weighted by Crippen LogP contribution is 2.36. The van der Waals surface area contributed by atoms with E-state index in [1.165, 1.54) is 11.9 Å². The first-order valence-corrected chi connectivity index (χ1v) is 9.47. The molecule has 2 aromatic heterocycles. The molecule has 0 aromatic carbocycles. The first-order chi connectivity index (χ1) is 11.5. The summed E-state index contributed by atoms with van der Waals surface area (Å²) in [7, 11) is 1.43. The molecule has 0 saturated carbocycles. The number of thioether (sulfide) groups is 1. The normalized spacial score (nSPS) is 16.7. The number of carbonyl (C=O) groups excluding carboxylic acids is 2. The van der Waals surface area contributed by atoms with Gasteiger partial charge in [0.2, 0.25) is 5.91 Å². The monoisotopic (exact) mass is 366 g/mol. The molecule has 0 bridgehead atoms. The molecule has 1 atom stereocenters. The van der Waals surface area contributed by atoms with E-state index in [4.69, 9.17) is 0 Å². The lowest BCUT2D eigenvalue weighted by molar-refractivity contribution is -0.117. The van der Waals surface area contributed by atoms with E-state index in [1.54, 1.807) is 11.3 Å². The van der Waals surface area contributed by atoms with Gasteiger partial charge in [-0.1, -0.05) is 18.7 Å². The van der Waals surface area contributed by atoms with Gasteiger partial charge in [-0.2, -0.15) is 0 Å². The fourth-order valence-corrected chi connectivity index (χ4v) is 4.86. The maximum absolute atomic E-state index is 12.4. The molecule has 1 aliphatic carbocycles. The molecule has 3 amide bonds. The number of hydrogen-bond donors (Lipinski definition) is 3.